The lowest BCUT2D eigenvalue weighted by atomic mass is 10.3. The molecular weight excluding hydrogens is 278 g/mol. The van der Waals surface area contributed by atoms with Gasteiger partial charge in [0.05, 0.1) is 0 Å². The van der Waals surface area contributed by atoms with E-state index in [1.165, 1.54) is 0 Å². The molecule has 0 aliphatic carbocycles. The highest BCUT2D eigenvalue weighted by Gasteiger charge is 2.12. The molecule has 0 saturated heterocycles. The van der Waals surface area contributed by atoms with Gasteiger partial charge in [-0.05, 0) is 30.7 Å². The van der Waals surface area contributed by atoms with Crippen molar-refractivity contribution in [3.05, 3.63) is 40.7 Å². The molecule has 0 amide bonds. The van der Waals surface area contributed by atoms with Crippen LogP contribution in [-0.2, 0) is 13.2 Å². The number of nitrogens with zero attached hydrogens (tertiary/aromatic N) is 3. The van der Waals surface area contributed by atoms with Crippen LogP contribution in [0.2, 0.25) is 5.02 Å². The number of carbonyl (C=O) groups is 1. The lowest BCUT2D eigenvalue weighted by molar-refractivity contribution is 0.111. The summed E-state index contributed by atoms with van der Waals surface area (Å²) in [5.41, 5.74) is 1.03. The minimum Gasteiger partial charge on any atom is -0.487 e. The van der Waals surface area contributed by atoms with Gasteiger partial charge in [0, 0.05) is 11.6 Å². The van der Waals surface area contributed by atoms with E-state index in [2.05, 4.69) is 17.2 Å². The van der Waals surface area contributed by atoms with Crippen LogP contribution in [-0.4, -0.2) is 21.3 Å². The van der Waals surface area contributed by atoms with Gasteiger partial charge in [-0.1, -0.05) is 30.2 Å². The summed E-state index contributed by atoms with van der Waals surface area (Å²) in [6.07, 6.45) is 2.74. The molecule has 2 rings (SSSR count). The lowest BCUT2D eigenvalue weighted by Gasteiger charge is -2.08. The Hall–Kier alpha value is -1.88. The standard InChI is InChI=1S/C14H16ClN3O2/c1-2-3-8-18-14(13(9-19)16-17-18)10-20-12-6-4-11(15)5-7-12/h4-7,9H,2-3,8,10H2,1H3. The Morgan fingerprint density at radius 3 is 2.75 bits per heavy atom. The molecule has 0 unspecified atom stereocenters. The molecule has 1 aromatic carbocycles. The Labute approximate surface area is 122 Å². The fraction of sp³-hybridized carbons (Fsp3) is 0.357. The van der Waals surface area contributed by atoms with Gasteiger partial charge in [-0.2, -0.15) is 0 Å². The number of carbonyl (C=O) groups excluding carboxylic acids is 1. The van der Waals surface area contributed by atoms with Crippen LogP contribution in [0.1, 0.15) is 35.9 Å². The third-order valence-electron chi connectivity index (χ3n) is 2.89. The SMILES string of the molecule is CCCCn1nnc(C=O)c1COc1ccc(Cl)cc1. The number of unbranched alkanes of at least 4 members (excludes halogenated alkanes) is 1. The fourth-order valence-electron chi connectivity index (χ4n) is 1.76. The van der Waals surface area contributed by atoms with Gasteiger partial charge >= 0.3 is 0 Å². The number of aryl methyl sites for hydroxylation is 1. The average molecular weight is 294 g/mol. The molecule has 0 bridgehead atoms. The summed E-state index contributed by atoms with van der Waals surface area (Å²) in [6.45, 7) is 3.09. The van der Waals surface area contributed by atoms with E-state index in [9.17, 15) is 4.79 Å². The molecule has 106 valence electrons. The maximum atomic E-state index is 11.0. The third-order valence-corrected chi connectivity index (χ3v) is 3.14. The van der Waals surface area contributed by atoms with Crippen LogP contribution in [0.25, 0.3) is 0 Å². The van der Waals surface area contributed by atoms with Crippen molar-refractivity contribution in [3.63, 3.8) is 0 Å². The molecule has 5 nitrogen and oxygen atoms in total. The fourth-order valence-corrected chi connectivity index (χ4v) is 1.88. The van der Waals surface area contributed by atoms with E-state index >= 15 is 0 Å². The van der Waals surface area contributed by atoms with Gasteiger partial charge in [-0.15, -0.1) is 5.10 Å². The molecule has 2 aromatic rings. The molecular formula is C14H16ClN3O2. The molecule has 0 aliphatic rings. The molecule has 0 N–H and O–H groups in total. The smallest absolute Gasteiger partial charge is 0.172 e. The van der Waals surface area contributed by atoms with E-state index < -0.39 is 0 Å². The third kappa shape index (κ3) is 3.57. The van der Waals surface area contributed by atoms with Crippen molar-refractivity contribution in [2.24, 2.45) is 0 Å². The Bertz CT molecular complexity index is 566. The number of benzene rings is 1. The second kappa shape index (κ2) is 7.05. The summed E-state index contributed by atoms with van der Waals surface area (Å²) in [5.74, 6) is 0.689. The first kappa shape index (κ1) is 14.5. The maximum Gasteiger partial charge on any atom is 0.172 e. The van der Waals surface area contributed by atoms with Crippen LogP contribution in [0.4, 0.5) is 0 Å². The molecule has 1 aromatic heterocycles. The zero-order chi connectivity index (χ0) is 14.4. The first-order valence-corrected chi connectivity index (χ1v) is 6.88. The number of halogens is 1. The maximum absolute atomic E-state index is 11.0. The van der Waals surface area contributed by atoms with E-state index in [0.29, 0.717) is 28.4 Å². The largest absolute Gasteiger partial charge is 0.487 e. The number of rotatable bonds is 7. The van der Waals surface area contributed by atoms with Gasteiger partial charge in [0.1, 0.15) is 18.1 Å². The summed E-state index contributed by atoms with van der Waals surface area (Å²) < 4.78 is 7.38. The van der Waals surface area contributed by atoms with Crippen molar-refractivity contribution in [1.82, 2.24) is 15.0 Å². The molecule has 20 heavy (non-hydrogen) atoms. The van der Waals surface area contributed by atoms with Crippen molar-refractivity contribution in [3.8, 4) is 5.75 Å². The van der Waals surface area contributed by atoms with Crippen LogP contribution >= 0.6 is 11.6 Å². The van der Waals surface area contributed by atoms with Crippen molar-refractivity contribution >= 4 is 17.9 Å². The van der Waals surface area contributed by atoms with Crippen LogP contribution < -0.4 is 4.74 Å². The molecule has 0 atom stereocenters. The van der Waals surface area contributed by atoms with E-state index in [-0.39, 0.29) is 6.61 Å². The molecule has 0 spiro atoms. The zero-order valence-electron chi connectivity index (χ0n) is 11.3. The Balaban J connectivity index is 2.08. The van der Waals surface area contributed by atoms with Crippen molar-refractivity contribution in [2.75, 3.05) is 0 Å². The van der Waals surface area contributed by atoms with Gasteiger partial charge in [-0.3, -0.25) is 4.79 Å². The quantitative estimate of drug-likeness (QED) is 0.736. The number of hydrogen-bond acceptors (Lipinski definition) is 4. The van der Waals surface area contributed by atoms with Crippen LogP contribution in [0.3, 0.4) is 0 Å². The second-order valence-electron chi connectivity index (χ2n) is 4.36. The second-order valence-corrected chi connectivity index (χ2v) is 4.79. The zero-order valence-corrected chi connectivity index (χ0v) is 12.0. The van der Waals surface area contributed by atoms with E-state index in [4.69, 9.17) is 16.3 Å². The first-order chi connectivity index (χ1) is 9.74. The number of aromatic nitrogens is 3. The number of aldehydes is 1. The topological polar surface area (TPSA) is 57.0 Å². The Kier molecular flexibility index (Phi) is 5.12. The van der Waals surface area contributed by atoms with Crippen molar-refractivity contribution < 1.29 is 9.53 Å². The first-order valence-electron chi connectivity index (χ1n) is 6.50. The Morgan fingerprint density at radius 1 is 1.35 bits per heavy atom. The molecule has 1 heterocycles. The van der Waals surface area contributed by atoms with E-state index in [1.807, 2.05) is 0 Å². The predicted molar refractivity (Wildman–Crippen MR) is 76.1 cm³/mol. The van der Waals surface area contributed by atoms with Gasteiger partial charge in [0.15, 0.2) is 12.0 Å². The molecule has 0 saturated carbocycles. The Morgan fingerprint density at radius 2 is 2.10 bits per heavy atom. The van der Waals surface area contributed by atoms with Gasteiger partial charge in [0.25, 0.3) is 0 Å². The summed E-state index contributed by atoms with van der Waals surface area (Å²) in [6, 6.07) is 7.07. The highest BCUT2D eigenvalue weighted by Crippen LogP contribution is 2.17. The number of ether oxygens (including phenoxy) is 1. The van der Waals surface area contributed by atoms with E-state index in [1.54, 1.807) is 28.9 Å². The van der Waals surface area contributed by atoms with Crippen molar-refractivity contribution in [2.45, 2.75) is 32.9 Å². The highest BCUT2D eigenvalue weighted by molar-refractivity contribution is 6.30. The molecule has 0 radical (unpaired) electrons. The van der Waals surface area contributed by atoms with E-state index in [0.717, 1.165) is 19.4 Å². The summed E-state index contributed by atoms with van der Waals surface area (Å²) in [5, 5.41) is 8.50. The molecule has 6 heteroatoms. The molecule has 0 aliphatic heterocycles. The highest BCUT2D eigenvalue weighted by atomic mass is 35.5. The van der Waals surface area contributed by atoms with Crippen LogP contribution in [0.5, 0.6) is 5.75 Å². The predicted octanol–water partition coefficient (Wildman–Crippen LogP) is 3.12. The monoisotopic (exact) mass is 293 g/mol. The van der Waals surface area contributed by atoms with Crippen LogP contribution in [0.15, 0.2) is 24.3 Å². The number of hydrogen-bond donors (Lipinski definition) is 0. The summed E-state index contributed by atoms with van der Waals surface area (Å²) >= 11 is 5.82. The summed E-state index contributed by atoms with van der Waals surface area (Å²) in [4.78, 5) is 11.0. The minimum atomic E-state index is 0.256. The lowest BCUT2D eigenvalue weighted by Crippen LogP contribution is -2.09. The molecule has 0 fully saturated rings. The van der Waals surface area contributed by atoms with Crippen molar-refractivity contribution in [1.29, 1.82) is 0 Å². The summed E-state index contributed by atoms with van der Waals surface area (Å²) in [7, 11) is 0. The van der Waals surface area contributed by atoms with Gasteiger partial charge in [-0.25, -0.2) is 4.68 Å². The normalized spacial score (nSPS) is 10.5. The van der Waals surface area contributed by atoms with Crippen LogP contribution in [0, 0.1) is 0 Å². The average Bonchev–Trinajstić information content (AvgIpc) is 2.86. The van der Waals surface area contributed by atoms with Gasteiger partial charge in [0.2, 0.25) is 0 Å². The van der Waals surface area contributed by atoms with Gasteiger partial charge < -0.3 is 4.74 Å². The minimum absolute atomic E-state index is 0.256.